The highest BCUT2D eigenvalue weighted by molar-refractivity contribution is 7.92. The van der Waals surface area contributed by atoms with Gasteiger partial charge in [0.2, 0.25) is 11.8 Å². The molecule has 214 valence electrons. The highest BCUT2D eigenvalue weighted by atomic mass is 35.5. The Morgan fingerprint density at radius 3 is 2.17 bits per heavy atom. The lowest BCUT2D eigenvalue weighted by atomic mass is 10.1. The summed E-state index contributed by atoms with van der Waals surface area (Å²) in [7, 11) is -1.52. The van der Waals surface area contributed by atoms with Gasteiger partial charge in [-0.25, -0.2) is 12.8 Å². The largest absolute Gasteiger partial charge is 0.493 e. The van der Waals surface area contributed by atoms with Gasteiger partial charge in [0.1, 0.15) is 18.4 Å². The van der Waals surface area contributed by atoms with Crippen molar-refractivity contribution in [2.24, 2.45) is 0 Å². The molecular formula is C28H31ClFN3O6S. The maximum absolute atomic E-state index is 14.0. The van der Waals surface area contributed by atoms with Crippen molar-refractivity contribution in [2.45, 2.75) is 31.3 Å². The van der Waals surface area contributed by atoms with Crippen LogP contribution in [0.4, 0.5) is 10.1 Å². The zero-order valence-electron chi connectivity index (χ0n) is 22.6. The molecule has 0 saturated carbocycles. The number of halogens is 2. The van der Waals surface area contributed by atoms with E-state index in [1.54, 1.807) is 13.8 Å². The molecule has 1 N–H and O–H groups in total. The van der Waals surface area contributed by atoms with E-state index >= 15 is 0 Å². The minimum absolute atomic E-state index is 0.0533. The molecule has 0 aliphatic rings. The number of amides is 2. The van der Waals surface area contributed by atoms with E-state index in [1.165, 1.54) is 85.8 Å². The molecule has 3 aromatic rings. The van der Waals surface area contributed by atoms with Crippen LogP contribution in [0.3, 0.4) is 0 Å². The first-order valence-corrected chi connectivity index (χ1v) is 14.2. The predicted octanol–water partition coefficient (Wildman–Crippen LogP) is 4.25. The van der Waals surface area contributed by atoms with Crippen LogP contribution in [0.25, 0.3) is 0 Å². The van der Waals surface area contributed by atoms with E-state index in [4.69, 9.17) is 21.1 Å². The number of hydrogen-bond donors (Lipinski definition) is 1. The second-order valence-electron chi connectivity index (χ2n) is 8.72. The fourth-order valence-electron chi connectivity index (χ4n) is 3.93. The van der Waals surface area contributed by atoms with Crippen LogP contribution >= 0.6 is 11.6 Å². The smallest absolute Gasteiger partial charge is 0.264 e. The van der Waals surface area contributed by atoms with Gasteiger partial charge in [0, 0.05) is 24.2 Å². The summed E-state index contributed by atoms with van der Waals surface area (Å²) in [6, 6.07) is 14.6. The third-order valence-corrected chi connectivity index (χ3v) is 8.14. The van der Waals surface area contributed by atoms with Gasteiger partial charge in [-0.1, -0.05) is 23.7 Å². The van der Waals surface area contributed by atoms with Crippen LogP contribution in [-0.4, -0.2) is 58.5 Å². The van der Waals surface area contributed by atoms with Gasteiger partial charge in [-0.3, -0.25) is 13.9 Å². The average Bonchev–Trinajstić information content (AvgIpc) is 2.95. The average molecular weight is 592 g/mol. The maximum atomic E-state index is 14.0. The molecule has 40 heavy (non-hydrogen) atoms. The Kier molecular flexibility index (Phi) is 10.4. The van der Waals surface area contributed by atoms with Crippen molar-refractivity contribution in [2.75, 3.05) is 31.6 Å². The Hall–Kier alpha value is -3.83. The summed E-state index contributed by atoms with van der Waals surface area (Å²) in [6.07, 6.45) is 0. The van der Waals surface area contributed by atoms with E-state index in [9.17, 15) is 22.4 Å². The van der Waals surface area contributed by atoms with E-state index < -0.39 is 40.2 Å². The summed E-state index contributed by atoms with van der Waals surface area (Å²) >= 11 is 6.04. The maximum Gasteiger partial charge on any atom is 0.264 e. The summed E-state index contributed by atoms with van der Waals surface area (Å²) in [4.78, 5) is 27.7. The molecule has 0 fully saturated rings. The predicted molar refractivity (Wildman–Crippen MR) is 151 cm³/mol. The van der Waals surface area contributed by atoms with Gasteiger partial charge in [-0.2, -0.15) is 0 Å². The number of anilines is 1. The van der Waals surface area contributed by atoms with E-state index in [0.717, 1.165) is 4.31 Å². The number of rotatable bonds is 12. The number of ether oxygens (including phenoxy) is 2. The molecule has 0 aliphatic heterocycles. The quantitative estimate of drug-likeness (QED) is 0.338. The van der Waals surface area contributed by atoms with Crippen LogP contribution in [0.5, 0.6) is 11.5 Å². The number of nitrogens with zero attached hydrogens (tertiary/aromatic N) is 2. The van der Waals surface area contributed by atoms with E-state index in [0.29, 0.717) is 22.9 Å². The van der Waals surface area contributed by atoms with Crippen molar-refractivity contribution in [1.29, 1.82) is 0 Å². The van der Waals surface area contributed by atoms with E-state index in [1.807, 2.05) is 0 Å². The molecule has 0 bridgehead atoms. The molecule has 1 atom stereocenters. The van der Waals surface area contributed by atoms with Gasteiger partial charge in [0.05, 0.1) is 24.8 Å². The van der Waals surface area contributed by atoms with Crippen LogP contribution in [0, 0.1) is 5.82 Å². The van der Waals surface area contributed by atoms with Crippen molar-refractivity contribution in [3.05, 3.63) is 83.1 Å². The molecule has 0 radical (unpaired) electrons. The molecule has 2 amide bonds. The highest BCUT2D eigenvalue weighted by Gasteiger charge is 2.33. The second-order valence-corrected chi connectivity index (χ2v) is 11.0. The number of carbonyl (C=O) groups excluding carboxylic acids is 2. The van der Waals surface area contributed by atoms with Gasteiger partial charge in [-0.05, 0) is 67.9 Å². The monoisotopic (exact) mass is 591 g/mol. The molecular weight excluding hydrogens is 561 g/mol. The SMILES string of the molecule is CCNC(=O)[C@H](C)N(Cc1ccc(F)cc1)C(=O)CN(c1ccc(Cl)cc1)S(=O)(=O)c1ccc(OC)c(OC)c1. The first-order valence-electron chi connectivity index (χ1n) is 12.3. The lowest BCUT2D eigenvalue weighted by Crippen LogP contribution is -2.51. The first-order chi connectivity index (χ1) is 19.0. The molecule has 0 saturated heterocycles. The number of likely N-dealkylation sites (N-methyl/N-ethyl adjacent to an activating group) is 1. The standard InChI is InChI=1S/C28H31ClFN3O6S/c1-5-31-28(35)19(2)32(17-20-6-10-22(30)11-7-20)27(34)18-33(23-12-8-21(29)9-13-23)40(36,37)24-14-15-25(38-3)26(16-24)39-4/h6-16,19H,5,17-18H2,1-4H3,(H,31,35)/t19-/m0/s1. The number of methoxy groups -OCH3 is 2. The Balaban J connectivity index is 2.06. The highest BCUT2D eigenvalue weighted by Crippen LogP contribution is 2.32. The second kappa shape index (κ2) is 13.5. The molecule has 0 spiro atoms. The normalized spacial score (nSPS) is 11.8. The van der Waals surface area contributed by atoms with Crippen LogP contribution in [-0.2, 0) is 26.2 Å². The van der Waals surface area contributed by atoms with Crippen molar-refractivity contribution in [3.63, 3.8) is 0 Å². The Morgan fingerprint density at radius 1 is 0.975 bits per heavy atom. The molecule has 9 nitrogen and oxygen atoms in total. The molecule has 0 unspecified atom stereocenters. The number of hydrogen-bond acceptors (Lipinski definition) is 6. The summed E-state index contributed by atoms with van der Waals surface area (Å²) in [6.45, 7) is 2.94. The molecule has 12 heteroatoms. The Morgan fingerprint density at radius 2 is 1.60 bits per heavy atom. The summed E-state index contributed by atoms with van der Waals surface area (Å²) in [5.41, 5.74) is 0.742. The van der Waals surface area contributed by atoms with E-state index in [-0.39, 0.29) is 22.9 Å². The molecule has 0 heterocycles. The van der Waals surface area contributed by atoms with Crippen LogP contribution in [0.2, 0.25) is 5.02 Å². The summed E-state index contributed by atoms with van der Waals surface area (Å²) in [5, 5.41) is 3.06. The Bertz CT molecular complexity index is 1440. The van der Waals surface area contributed by atoms with Gasteiger partial charge < -0.3 is 19.7 Å². The Labute approximate surface area is 238 Å². The van der Waals surface area contributed by atoms with Crippen molar-refractivity contribution >= 4 is 39.1 Å². The van der Waals surface area contributed by atoms with Gasteiger partial charge in [0.25, 0.3) is 10.0 Å². The number of nitrogens with one attached hydrogen (secondary N) is 1. The van der Waals surface area contributed by atoms with Crippen LogP contribution in [0.15, 0.2) is 71.6 Å². The fourth-order valence-corrected chi connectivity index (χ4v) is 5.49. The third-order valence-electron chi connectivity index (χ3n) is 6.12. The van der Waals surface area contributed by atoms with Gasteiger partial charge in [0.15, 0.2) is 11.5 Å². The molecule has 0 aliphatic carbocycles. The van der Waals surface area contributed by atoms with Crippen molar-refractivity contribution < 1.29 is 31.9 Å². The topological polar surface area (TPSA) is 105 Å². The van der Waals surface area contributed by atoms with Crippen molar-refractivity contribution in [1.82, 2.24) is 10.2 Å². The molecule has 0 aromatic heterocycles. The third kappa shape index (κ3) is 7.22. The van der Waals surface area contributed by atoms with Gasteiger partial charge in [-0.15, -0.1) is 0 Å². The minimum atomic E-state index is -4.33. The summed E-state index contributed by atoms with van der Waals surface area (Å²) in [5.74, 6) is -1.00. The minimum Gasteiger partial charge on any atom is -0.493 e. The molecule has 3 aromatic carbocycles. The van der Waals surface area contributed by atoms with Gasteiger partial charge >= 0.3 is 0 Å². The lowest BCUT2D eigenvalue weighted by Gasteiger charge is -2.32. The number of benzene rings is 3. The molecule has 3 rings (SSSR count). The number of carbonyl (C=O) groups is 2. The lowest BCUT2D eigenvalue weighted by molar-refractivity contribution is -0.139. The fraction of sp³-hybridized carbons (Fsp3) is 0.286. The first kappa shape index (κ1) is 30.7. The van der Waals surface area contributed by atoms with Crippen LogP contribution in [0.1, 0.15) is 19.4 Å². The van der Waals surface area contributed by atoms with Crippen LogP contribution < -0.4 is 19.1 Å². The van der Waals surface area contributed by atoms with Crippen molar-refractivity contribution in [3.8, 4) is 11.5 Å². The zero-order valence-corrected chi connectivity index (χ0v) is 24.1. The number of sulfonamides is 1. The zero-order chi connectivity index (χ0) is 29.4. The summed E-state index contributed by atoms with van der Waals surface area (Å²) < 4.78 is 52.8. The van der Waals surface area contributed by atoms with E-state index in [2.05, 4.69) is 5.32 Å².